The van der Waals surface area contributed by atoms with Crippen molar-refractivity contribution < 1.29 is 9.53 Å². The first-order valence-electron chi connectivity index (χ1n) is 9.96. The Morgan fingerprint density at radius 1 is 1.26 bits per heavy atom. The maximum absolute atomic E-state index is 12.5. The van der Waals surface area contributed by atoms with Crippen LogP contribution in [0, 0.1) is 13.5 Å². The second-order valence-corrected chi connectivity index (χ2v) is 8.76. The summed E-state index contributed by atoms with van der Waals surface area (Å²) < 4.78 is 9.02. The molecule has 2 aromatic carbocycles. The van der Waals surface area contributed by atoms with Crippen LogP contribution in [0.4, 0.5) is 11.4 Å². The van der Waals surface area contributed by atoms with Gasteiger partial charge in [0.1, 0.15) is 10.6 Å². The van der Waals surface area contributed by atoms with Gasteiger partial charge in [0.25, 0.3) is 17.2 Å². The second kappa shape index (κ2) is 10.3. The van der Waals surface area contributed by atoms with Gasteiger partial charge >= 0.3 is 0 Å². The van der Waals surface area contributed by atoms with E-state index in [-0.39, 0.29) is 11.6 Å². The first-order chi connectivity index (χ1) is 16.5. The number of nitrogens with zero attached hydrogens (tertiary/aromatic N) is 4. The Labute approximate surface area is 203 Å². The highest BCUT2D eigenvalue weighted by molar-refractivity contribution is 7.98. The average molecular weight is 491 g/mol. The van der Waals surface area contributed by atoms with E-state index < -0.39 is 5.56 Å². The molecule has 2 aromatic heterocycles. The van der Waals surface area contributed by atoms with Gasteiger partial charge in [0.15, 0.2) is 5.16 Å². The number of ether oxygens (including phenoxy) is 1. The Kier molecular flexibility index (Phi) is 7.01. The number of rotatable bonds is 7. The number of hydrogen-bond donors (Lipinski definition) is 2. The third-order valence-corrected chi connectivity index (χ3v) is 6.54. The summed E-state index contributed by atoms with van der Waals surface area (Å²) in [5, 5.41) is 7.08. The first-order valence-corrected chi connectivity index (χ1v) is 11.7. The summed E-state index contributed by atoms with van der Waals surface area (Å²) in [6.07, 6.45) is 0. The normalized spacial score (nSPS) is 10.5. The van der Waals surface area contributed by atoms with Gasteiger partial charge in [-0.2, -0.15) is 0 Å². The summed E-state index contributed by atoms with van der Waals surface area (Å²) in [6, 6.07) is 14.5. The fourth-order valence-electron chi connectivity index (χ4n) is 3.05. The molecule has 0 bridgehead atoms. The molecule has 0 aliphatic rings. The van der Waals surface area contributed by atoms with Crippen LogP contribution in [0.15, 0.2) is 58.5 Å². The predicted octanol–water partition coefficient (Wildman–Crippen LogP) is 4.70. The van der Waals surface area contributed by atoms with E-state index in [9.17, 15) is 9.59 Å². The molecule has 2 heterocycles. The van der Waals surface area contributed by atoms with Gasteiger partial charge in [-0.3, -0.25) is 9.59 Å². The number of aryl methyl sites for hydroxylation is 1. The van der Waals surface area contributed by atoms with Crippen LogP contribution < -0.4 is 15.6 Å². The molecule has 1 amide bonds. The van der Waals surface area contributed by atoms with Gasteiger partial charge in [-0.15, -0.1) is 5.10 Å². The van der Waals surface area contributed by atoms with Crippen LogP contribution in [-0.2, 0) is 5.75 Å². The van der Waals surface area contributed by atoms with Crippen molar-refractivity contribution in [3.8, 4) is 17.0 Å². The van der Waals surface area contributed by atoms with Crippen molar-refractivity contribution >= 4 is 40.6 Å². The molecule has 170 valence electrons. The average Bonchev–Trinajstić information content (AvgIpc) is 3.29. The third kappa shape index (κ3) is 5.14. The summed E-state index contributed by atoms with van der Waals surface area (Å²) in [4.78, 5) is 35.9. The summed E-state index contributed by atoms with van der Waals surface area (Å²) >= 11 is 2.40. The SMILES string of the molecule is [C-]#[N+]c1c(-c2cccc(OC)c2)nc(SCc2ccc(NC(=O)c3snnc3C)cc2)[nH]c1=O. The first kappa shape index (κ1) is 23.2. The van der Waals surface area contributed by atoms with Gasteiger partial charge in [0, 0.05) is 11.4 Å². The molecule has 0 radical (unpaired) electrons. The van der Waals surface area contributed by atoms with Crippen LogP contribution in [0.5, 0.6) is 5.75 Å². The lowest BCUT2D eigenvalue weighted by Gasteiger charge is -2.09. The Morgan fingerprint density at radius 2 is 2.06 bits per heavy atom. The molecule has 2 N–H and O–H groups in total. The lowest BCUT2D eigenvalue weighted by Crippen LogP contribution is -2.11. The van der Waals surface area contributed by atoms with Crippen molar-refractivity contribution in [3.63, 3.8) is 0 Å². The fourth-order valence-corrected chi connectivity index (χ4v) is 4.42. The predicted molar refractivity (Wildman–Crippen MR) is 132 cm³/mol. The Morgan fingerprint density at radius 3 is 2.74 bits per heavy atom. The Bertz CT molecular complexity index is 1440. The van der Waals surface area contributed by atoms with Gasteiger partial charge in [-0.05, 0) is 53.8 Å². The number of anilines is 1. The van der Waals surface area contributed by atoms with E-state index in [4.69, 9.17) is 11.3 Å². The van der Waals surface area contributed by atoms with E-state index in [0.29, 0.717) is 44.2 Å². The van der Waals surface area contributed by atoms with E-state index in [2.05, 4.69) is 29.7 Å². The van der Waals surface area contributed by atoms with Crippen molar-refractivity contribution in [1.82, 2.24) is 19.6 Å². The zero-order chi connectivity index (χ0) is 24.1. The highest BCUT2D eigenvalue weighted by Gasteiger charge is 2.15. The summed E-state index contributed by atoms with van der Waals surface area (Å²) in [5.41, 5.74) is 2.60. The van der Waals surface area contributed by atoms with E-state index in [1.807, 2.05) is 12.1 Å². The minimum atomic E-state index is -0.490. The lowest BCUT2D eigenvalue weighted by molar-refractivity contribution is 0.103. The fraction of sp³-hybridized carbons (Fsp3) is 0.130. The summed E-state index contributed by atoms with van der Waals surface area (Å²) in [5.74, 6) is 0.893. The maximum Gasteiger partial charge on any atom is 0.276 e. The van der Waals surface area contributed by atoms with Gasteiger partial charge in [0.05, 0.1) is 25.1 Å². The quantitative estimate of drug-likeness (QED) is 0.219. The van der Waals surface area contributed by atoms with Crippen LogP contribution in [0.1, 0.15) is 20.9 Å². The lowest BCUT2D eigenvalue weighted by atomic mass is 10.1. The molecule has 0 spiro atoms. The molecule has 4 aromatic rings. The highest BCUT2D eigenvalue weighted by Crippen LogP contribution is 2.30. The van der Waals surface area contributed by atoms with Gasteiger partial charge in [-0.1, -0.05) is 40.5 Å². The number of methoxy groups -OCH3 is 1. The molecule has 4 rings (SSSR count). The number of carbonyl (C=O) groups is 1. The number of carbonyl (C=O) groups excluding carboxylic acids is 1. The summed E-state index contributed by atoms with van der Waals surface area (Å²) in [6.45, 7) is 9.13. The number of amides is 1. The number of H-pyrrole nitrogens is 1. The van der Waals surface area contributed by atoms with Crippen LogP contribution >= 0.6 is 23.3 Å². The Balaban J connectivity index is 1.49. The van der Waals surface area contributed by atoms with E-state index in [1.165, 1.54) is 11.8 Å². The molecule has 11 heteroatoms. The van der Waals surface area contributed by atoms with E-state index >= 15 is 0 Å². The van der Waals surface area contributed by atoms with Crippen LogP contribution in [0.2, 0.25) is 0 Å². The smallest absolute Gasteiger partial charge is 0.276 e. The second-order valence-electron chi connectivity index (χ2n) is 7.04. The maximum atomic E-state index is 12.5. The molecule has 0 unspecified atom stereocenters. The molecular formula is C23H18N6O3S2. The van der Waals surface area contributed by atoms with Crippen molar-refractivity contribution in [2.75, 3.05) is 12.4 Å². The van der Waals surface area contributed by atoms with Crippen molar-refractivity contribution in [2.24, 2.45) is 0 Å². The van der Waals surface area contributed by atoms with Crippen molar-refractivity contribution in [3.05, 3.63) is 86.4 Å². The van der Waals surface area contributed by atoms with E-state index in [0.717, 1.165) is 17.1 Å². The number of hydrogen-bond acceptors (Lipinski definition) is 8. The Hall–Kier alpha value is -4.01. The molecule has 34 heavy (non-hydrogen) atoms. The zero-order valence-electron chi connectivity index (χ0n) is 18.2. The number of aromatic amines is 1. The molecule has 0 aliphatic carbocycles. The van der Waals surface area contributed by atoms with Gasteiger partial charge < -0.3 is 15.0 Å². The standard InChI is InChI=1S/C23H18N6O3S2/c1-13-20(34-29-28-13)22(31)25-16-9-7-14(8-10-16)12-33-23-26-18(19(24-2)21(30)27-23)15-5-4-6-17(11-15)32-3/h4-11H,12H2,1,3H3,(H,25,31)(H,26,27,30). The highest BCUT2D eigenvalue weighted by atomic mass is 32.2. The molecule has 0 atom stereocenters. The molecule has 9 nitrogen and oxygen atoms in total. The zero-order valence-corrected chi connectivity index (χ0v) is 19.8. The number of aromatic nitrogens is 4. The molecule has 0 aliphatic heterocycles. The largest absolute Gasteiger partial charge is 0.497 e. The minimum Gasteiger partial charge on any atom is -0.497 e. The van der Waals surface area contributed by atoms with Crippen molar-refractivity contribution in [2.45, 2.75) is 17.8 Å². The van der Waals surface area contributed by atoms with Crippen molar-refractivity contribution in [1.29, 1.82) is 0 Å². The monoisotopic (exact) mass is 490 g/mol. The minimum absolute atomic E-state index is 0.0657. The van der Waals surface area contributed by atoms with Gasteiger partial charge in [0.2, 0.25) is 0 Å². The summed E-state index contributed by atoms with van der Waals surface area (Å²) in [7, 11) is 1.55. The van der Waals surface area contributed by atoms with E-state index in [1.54, 1.807) is 50.4 Å². The number of thioether (sulfide) groups is 1. The van der Waals surface area contributed by atoms with Gasteiger partial charge in [-0.25, -0.2) is 9.83 Å². The molecule has 0 saturated heterocycles. The molecule has 0 saturated carbocycles. The van der Waals surface area contributed by atoms with Crippen LogP contribution in [0.25, 0.3) is 16.1 Å². The number of benzene rings is 2. The molecule has 0 fully saturated rings. The topological polar surface area (TPSA) is 114 Å². The molecular weight excluding hydrogens is 472 g/mol. The van der Waals surface area contributed by atoms with Crippen LogP contribution in [0.3, 0.4) is 0 Å². The van der Waals surface area contributed by atoms with Crippen LogP contribution in [-0.4, -0.2) is 32.6 Å². The number of nitrogens with one attached hydrogen (secondary N) is 2. The third-order valence-electron chi connectivity index (χ3n) is 4.77.